The molecular weight excluding hydrogens is 362 g/mol. The zero-order chi connectivity index (χ0) is 20.2. The summed E-state index contributed by atoms with van der Waals surface area (Å²) in [6.45, 7) is 2.77. The van der Waals surface area contributed by atoms with Gasteiger partial charge in [-0.25, -0.2) is 0 Å². The standard InChI is InChI=1S/C25H27NO3/c1-2-3-13-29-23-12-8-7-11-19(23)20-16-24(28)26-21-14-18(15-22(27)25(20)21)17-9-5-4-6-10-17/h4-12,18,20H,2-3,13-16H2,1H3,(H,26,28). The number of hydrogen-bond donors (Lipinski definition) is 1. The summed E-state index contributed by atoms with van der Waals surface area (Å²) in [4.78, 5) is 25.8. The summed E-state index contributed by atoms with van der Waals surface area (Å²) < 4.78 is 6.01. The third-order valence-electron chi connectivity index (χ3n) is 5.86. The fourth-order valence-corrected chi connectivity index (χ4v) is 4.41. The average Bonchev–Trinajstić information content (AvgIpc) is 2.74. The third kappa shape index (κ3) is 4.12. The van der Waals surface area contributed by atoms with Gasteiger partial charge in [0, 0.05) is 35.6 Å². The van der Waals surface area contributed by atoms with Gasteiger partial charge in [-0.05, 0) is 30.4 Å². The Morgan fingerprint density at radius 1 is 0.966 bits per heavy atom. The summed E-state index contributed by atoms with van der Waals surface area (Å²) in [6, 6.07) is 17.9. The maximum Gasteiger partial charge on any atom is 0.225 e. The summed E-state index contributed by atoms with van der Waals surface area (Å²) >= 11 is 0. The van der Waals surface area contributed by atoms with Gasteiger partial charge in [-0.15, -0.1) is 0 Å². The van der Waals surface area contributed by atoms with Crippen LogP contribution in [0, 0.1) is 0 Å². The molecule has 0 aromatic heterocycles. The van der Waals surface area contributed by atoms with Crippen molar-refractivity contribution in [2.45, 2.75) is 50.9 Å². The van der Waals surface area contributed by atoms with Crippen LogP contribution in [0.2, 0.25) is 0 Å². The van der Waals surface area contributed by atoms with E-state index in [1.165, 1.54) is 0 Å². The van der Waals surface area contributed by atoms with Gasteiger partial charge in [0.2, 0.25) is 5.91 Å². The van der Waals surface area contributed by atoms with Crippen LogP contribution < -0.4 is 10.1 Å². The number of nitrogens with one attached hydrogen (secondary N) is 1. The maximum absolute atomic E-state index is 13.2. The second-order valence-corrected chi connectivity index (χ2v) is 7.88. The van der Waals surface area contributed by atoms with Crippen LogP contribution >= 0.6 is 0 Å². The highest BCUT2D eigenvalue weighted by Gasteiger charge is 2.39. The lowest BCUT2D eigenvalue weighted by Crippen LogP contribution is -2.38. The molecule has 0 bridgehead atoms. The van der Waals surface area contributed by atoms with Crippen molar-refractivity contribution in [3.05, 3.63) is 77.0 Å². The molecule has 0 fully saturated rings. The Morgan fingerprint density at radius 3 is 2.52 bits per heavy atom. The number of ether oxygens (including phenoxy) is 1. The molecule has 29 heavy (non-hydrogen) atoms. The molecule has 0 spiro atoms. The minimum absolute atomic E-state index is 0.0291. The van der Waals surface area contributed by atoms with Gasteiger partial charge in [-0.1, -0.05) is 61.9 Å². The Kier molecular flexibility index (Phi) is 5.79. The van der Waals surface area contributed by atoms with Gasteiger partial charge >= 0.3 is 0 Å². The van der Waals surface area contributed by atoms with Crippen molar-refractivity contribution in [3.8, 4) is 5.75 Å². The highest BCUT2D eigenvalue weighted by molar-refractivity contribution is 6.02. The molecule has 4 heteroatoms. The normalized spacial score (nSPS) is 21.6. The van der Waals surface area contributed by atoms with Crippen LogP contribution in [-0.2, 0) is 9.59 Å². The van der Waals surface area contributed by atoms with Crippen LogP contribution in [0.1, 0.15) is 62.0 Å². The number of Topliss-reactive ketones (excluding diaryl/α,β-unsaturated/α-hetero) is 1. The Bertz CT molecular complexity index is 932. The van der Waals surface area contributed by atoms with Gasteiger partial charge in [0.15, 0.2) is 5.78 Å². The van der Waals surface area contributed by atoms with Crippen molar-refractivity contribution in [1.29, 1.82) is 0 Å². The molecular formula is C25H27NO3. The SMILES string of the molecule is CCCCOc1ccccc1C1CC(=O)NC2=C1C(=O)CC(c1ccccc1)C2. The van der Waals surface area contributed by atoms with Crippen molar-refractivity contribution in [1.82, 2.24) is 5.32 Å². The highest BCUT2D eigenvalue weighted by atomic mass is 16.5. The summed E-state index contributed by atoms with van der Waals surface area (Å²) in [5, 5.41) is 3.00. The number of rotatable bonds is 6. The fraction of sp³-hybridized carbons (Fsp3) is 0.360. The van der Waals surface area contributed by atoms with Crippen LogP contribution in [0.3, 0.4) is 0 Å². The Balaban J connectivity index is 1.68. The summed E-state index contributed by atoms with van der Waals surface area (Å²) in [5.41, 5.74) is 3.65. The van der Waals surface area contributed by atoms with Gasteiger partial charge in [-0.2, -0.15) is 0 Å². The zero-order valence-corrected chi connectivity index (χ0v) is 16.8. The van der Waals surface area contributed by atoms with E-state index in [0.717, 1.165) is 41.0 Å². The zero-order valence-electron chi connectivity index (χ0n) is 16.8. The molecule has 1 aliphatic heterocycles. The number of hydrogen-bond acceptors (Lipinski definition) is 3. The number of carbonyl (C=O) groups is 2. The predicted octanol–water partition coefficient (Wildman–Crippen LogP) is 4.87. The fourth-order valence-electron chi connectivity index (χ4n) is 4.41. The number of benzene rings is 2. The highest BCUT2D eigenvalue weighted by Crippen LogP contribution is 2.44. The molecule has 0 radical (unpaired) electrons. The quantitative estimate of drug-likeness (QED) is 0.717. The molecule has 1 N–H and O–H groups in total. The van der Waals surface area contributed by atoms with Gasteiger partial charge in [0.05, 0.1) is 6.61 Å². The van der Waals surface area contributed by atoms with E-state index in [1.54, 1.807) is 0 Å². The molecule has 2 atom stereocenters. The number of amides is 1. The van der Waals surface area contributed by atoms with Crippen LogP contribution in [0.15, 0.2) is 65.9 Å². The molecule has 1 amide bonds. The Labute approximate surface area is 172 Å². The first-order chi connectivity index (χ1) is 14.2. The van der Waals surface area contributed by atoms with Crippen LogP contribution in [-0.4, -0.2) is 18.3 Å². The van der Waals surface area contributed by atoms with E-state index < -0.39 is 0 Å². The summed E-state index contributed by atoms with van der Waals surface area (Å²) in [5.74, 6) is 0.760. The topological polar surface area (TPSA) is 55.4 Å². The molecule has 2 aromatic carbocycles. The van der Waals surface area contributed by atoms with Crippen LogP contribution in [0.25, 0.3) is 0 Å². The molecule has 1 aliphatic carbocycles. The monoisotopic (exact) mass is 389 g/mol. The third-order valence-corrected chi connectivity index (χ3v) is 5.86. The summed E-state index contributed by atoms with van der Waals surface area (Å²) in [7, 11) is 0. The van der Waals surface area contributed by atoms with E-state index in [-0.39, 0.29) is 29.9 Å². The van der Waals surface area contributed by atoms with Crippen molar-refractivity contribution in [2.75, 3.05) is 6.61 Å². The molecule has 2 aromatic rings. The average molecular weight is 389 g/mol. The van der Waals surface area contributed by atoms with Crippen LogP contribution in [0.5, 0.6) is 5.75 Å². The minimum atomic E-state index is -0.235. The maximum atomic E-state index is 13.2. The van der Waals surface area contributed by atoms with Gasteiger partial charge in [0.1, 0.15) is 5.75 Å². The molecule has 2 unspecified atom stereocenters. The first kappa shape index (κ1) is 19.4. The molecule has 4 rings (SSSR count). The molecule has 0 saturated carbocycles. The van der Waals surface area contributed by atoms with Crippen molar-refractivity contribution in [3.63, 3.8) is 0 Å². The van der Waals surface area contributed by atoms with E-state index in [2.05, 4.69) is 24.4 Å². The van der Waals surface area contributed by atoms with E-state index in [4.69, 9.17) is 4.74 Å². The molecule has 150 valence electrons. The lowest BCUT2D eigenvalue weighted by Gasteiger charge is -2.35. The van der Waals surface area contributed by atoms with E-state index in [9.17, 15) is 9.59 Å². The predicted molar refractivity (Wildman–Crippen MR) is 113 cm³/mol. The van der Waals surface area contributed by atoms with E-state index in [1.807, 2.05) is 42.5 Å². The Hall–Kier alpha value is -2.88. The Morgan fingerprint density at radius 2 is 1.72 bits per heavy atom. The molecule has 4 nitrogen and oxygen atoms in total. The second-order valence-electron chi connectivity index (χ2n) is 7.88. The van der Waals surface area contributed by atoms with E-state index >= 15 is 0 Å². The smallest absolute Gasteiger partial charge is 0.225 e. The first-order valence-corrected chi connectivity index (χ1v) is 10.5. The number of ketones is 1. The van der Waals surface area contributed by atoms with E-state index in [0.29, 0.717) is 19.4 Å². The molecule has 0 saturated heterocycles. The second kappa shape index (κ2) is 8.64. The number of unbranched alkanes of at least 4 members (excludes halogenated alkanes) is 1. The lowest BCUT2D eigenvalue weighted by molar-refractivity contribution is -0.122. The van der Waals surface area contributed by atoms with Crippen molar-refractivity contribution in [2.24, 2.45) is 0 Å². The van der Waals surface area contributed by atoms with Crippen molar-refractivity contribution < 1.29 is 14.3 Å². The number of allylic oxidation sites excluding steroid dienone is 2. The first-order valence-electron chi connectivity index (χ1n) is 10.5. The van der Waals surface area contributed by atoms with Gasteiger partial charge in [-0.3, -0.25) is 9.59 Å². The largest absolute Gasteiger partial charge is 0.493 e. The summed E-state index contributed by atoms with van der Waals surface area (Å²) in [6.07, 6.45) is 3.49. The van der Waals surface area contributed by atoms with Crippen molar-refractivity contribution >= 4 is 11.7 Å². The lowest BCUT2D eigenvalue weighted by atomic mass is 9.73. The van der Waals surface area contributed by atoms with Gasteiger partial charge < -0.3 is 10.1 Å². The number of carbonyl (C=O) groups excluding carboxylic acids is 2. The molecule has 1 heterocycles. The van der Waals surface area contributed by atoms with Gasteiger partial charge in [0.25, 0.3) is 0 Å². The molecule has 2 aliphatic rings. The van der Waals surface area contributed by atoms with Crippen LogP contribution in [0.4, 0.5) is 0 Å². The number of para-hydroxylation sites is 1. The minimum Gasteiger partial charge on any atom is -0.493 e.